The second-order valence-electron chi connectivity index (χ2n) is 5.52. The van der Waals surface area contributed by atoms with Crippen LogP contribution in [0.1, 0.15) is 56.7 Å². The van der Waals surface area contributed by atoms with Crippen LogP contribution in [0.25, 0.3) is 0 Å². The Morgan fingerprint density at radius 3 is 2.83 bits per heavy atom. The van der Waals surface area contributed by atoms with E-state index in [4.69, 9.17) is 0 Å². The van der Waals surface area contributed by atoms with E-state index in [1.807, 2.05) is 6.08 Å². The largest absolute Gasteiger partial charge is 0.295 e. The molecule has 0 atom stereocenters. The Morgan fingerprint density at radius 1 is 1.22 bits per heavy atom. The van der Waals surface area contributed by atoms with Crippen molar-refractivity contribution in [1.82, 2.24) is 9.78 Å². The van der Waals surface area contributed by atoms with Gasteiger partial charge >= 0.3 is 0 Å². The third-order valence-corrected chi connectivity index (χ3v) is 4.06. The second-order valence-corrected chi connectivity index (χ2v) is 5.52. The molecule has 0 aromatic carbocycles. The van der Waals surface area contributed by atoms with Crippen LogP contribution < -0.4 is 0 Å². The molecule has 3 heteroatoms. The number of nitrogens with zero attached hydrogens (tertiary/aromatic N) is 2. The van der Waals surface area contributed by atoms with Crippen LogP contribution in [0, 0.1) is 0 Å². The van der Waals surface area contributed by atoms with Crippen LogP contribution >= 0.6 is 0 Å². The van der Waals surface area contributed by atoms with Crippen LogP contribution in [-0.4, -0.2) is 15.6 Å². The van der Waals surface area contributed by atoms with Gasteiger partial charge in [0.25, 0.3) is 0 Å². The summed E-state index contributed by atoms with van der Waals surface area (Å²) in [6.07, 6.45) is 12.8. The minimum Gasteiger partial charge on any atom is -0.295 e. The summed E-state index contributed by atoms with van der Waals surface area (Å²) in [4.78, 5) is 11.4. The number of hydrogen-bond acceptors (Lipinski definition) is 2. The van der Waals surface area contributed by atoms with Crippen LogP contribution in [0.4, 0.5) is 0 Å². The first-order chi connectivity index (χ1) is 8.81. The van der Waals surface area contributed by atoms with Crippen molar-refractivity contribution in [1.29, 1.82) is 0 Å². The summed E-state index contributed by atoms with van der Waals surface area (Å²) in [6.45, 7) is 0. The van der Waals surface area contributed by atoms with Gasteiger partial charge in [0.15, 0.2) is 5.78 Å². The van der Waals surface area contributed by atoms with Gasteiger partial charge in [0.2, 0.25) is 0 Å². The Kier molecular flexibility index (Phi) is 3.31. The van der Waals surface area contributed by atoms with E-state index in [0.717, 1.165) is 31.4 Å². The van der Waals surface area contributed by atoms with Crippen molar-refractivity contribution in [3.05, 3.63) is 29.6 Å². The van der Waals surface area contributed by atoms with Gasteiger partial charge in [-0.1, -0.05) is 18.4 Å². The second kappa shape index (κ2) is 5.09. The van der Waals surface area contributed by atoms with Crippen LogP contribution in [0.3, 0.4) is 0 Å². The topological polar surface area (TPSA) is 34.9 Å². The predicted octanol–water partition coefficient (Wildman–Crippen LogP) is 3.22. The number of carbonyl (C=O) groups excluding carboxylic acids is 1. The highest BCUT2D eigenvalue weighted by Crippen LogP contribution is 2.29. The summed E-state index contributed by atoms with van der Waals surface area (Å²) in [7, 11) is 0. The van der Waals surface area contributed by atoms with Gasteiger partial charge in [0.1, 0.15) is 0 Å². The molecule has 0 radical (unpaired) electrons. The Balaban J connectivity index is 1.68. The van der Waals surface area contributed by atoms with Gasteiger partial charge in [0.05, 0.1) is 11.7 Å². The molecule has 0 amide bonds. The van der Waals surface area contributed by atoms with E-state index in [0.29, 0.717) is 6.04 Å². The molecule has 0 bridgehead atoms. The van der Waals surface area contributed by atoms with Gasteiger partial charge in [-0.25, -0.2) is 0 Å². The zero-order valence-corrected chi connectivity index (χ0v) is 10.8. The smallest absolute Gasteiger partial charge is 0.155 e. The molecule has 2 aliphatic carbocycles. The number of rotatable bonds is 3. The highest BCUT2D eigenvalue weighted by Gasteiger charge is 2.18. The molecule has 2 aliphatic rings. The zero-order chi connectivity index (χ0) is 12.4. The van der Waals surface area contributed by atoms with Gasteiger partial charge < -0.3 is 0 Å². The molecule has 0 N–H and O–H groups in total. The van der Waals surface area contributed by atoms with E-state index in [1.165, 1.54) is 31.3 Å². The van der Waals surface area contributed by atoms with Gasteiger partial charge in [0, 0.05) is 19.0 Å². The summed E-state index contributed by atoms with van der Waals surface area (Å²) in [5.41, 5.74) is 2.37. The third kappa shape index (κ3) is 2.55. The highest BCUT2D eigenvalue weighted by molar-refractivity contribution is 5.91. The maximum atomic E-state index is 11.4. The zero-order valence-electron chi connectivity index (χ0n) is 10.8. The lowest BCUT2D eigenvalue weighted by atomic mass is 9.95. The van der Waals surface area contributed by atoms with E-state index in [2.05, 4.69) is 22.0 Å². The molecule has 96 valence electrons. The van der Waals surface area contributed by atoms with Crippen molar-refractivity contribution in [2.45, 2.75) is 57.4 Å². The SMILES string of the molecule is O=C1C=C(Cc2ccn(C3CCCC3)n2)CCC1. The number of hydrogen-bond donors (Lipinski definition) is 0. The number of allylic oxidation sites excluding steroid dienone is 2. The molecule has 1 aromatic heterocycles. The molecule has 3 rings (SSSR count). The molecule has 1 heterocycles. The predicted molar refractivity (Wildman–Crippen MR) is 70.4 cm³/mol. The number of carbonyl (C=O) groups is 1. The quantitative estimate of drug-likeness (QED) is 0.818. The van der Waals surface area contributed by atoms with Crippen molar-refractivity contribution in [2.75, 3.05) is 0 Å². The lowest BCUT2D eigenvalue weighted by Gasteiger charge is -2.11. The van der Waals surface area contributed by atoms with Crippen molar-refractivity contribution >= 4 is 5.78 Å². The third-order valence-electron chi connectivity index (χ3n) is 4.06. The first-order valence-corrected chi connectivity index (χ1v) is 7.07. The Hall–Kier alpha value is -1.38. The molecule has 0 unspecified atom stereocenters. The van der Waals surface area contributed by atoms with E-state index in [1.54, 1.807) is 0 Å². The van der Waals surface area contributed by atoms with Crippen LogP contribution in [0.5, 0.6) is 0 Å². The fourth-order valence-electron chi connectivity index (χ4n) is 3.08. The normalized spacial score (nSPS) is 21.3. The first-order valence-electron chi connectivity index (χ1n) is 7.07. The average Bonchev–Trinajstić information content (AvgIpc) is 2.98. The summed E-state index contributed by atoms with van der Waals surface area (Å²) >= 11 is 0. The number of ketones is 1. The summed E-state index contributed by atoms with van der Waals surface area (Å²) in [5, 5.41) is 4.68. The Labute approximate surface area is 108 Å². The van der Waals surface area contributed by atoms with E-state index < -0.39 is 0 Å². The maximum Gasteiger partial charge on any atom is 0.155 e. The van der Waals surface area contributed by atoms with E-state index in [9.17, 15) is 4.79 Å². The van der Waals surface area contributed by atoms with Crippen LogP contribution in [0.15, 0.2) is 23.9 Å². The molecule has 1 fully saturated rings. The van der Waals surface area contributed by atoms with Crippen molar-refractivity contribution in [3.8, 4) is 0 Å². The highest BCUT2D eigenvalue weighted by atomic mass is 16.1. The molecular weight excluding hydrogens is 224 g/mol. The van der Waals surface area contributed by atoms with Gasteiger partial charge in [-0.3, -0.25) is 9.48 Å². The number of aromatic nitrogens is 2. The van der Waals surface area contributed by atoms with Gasteiger partial charge in [-0.15, -0.1) is 0 Å². The summed E-state index contributed by atoms with van der Waals surface area (Å²) < 4.78 is 2.13. The molecule has 3 nitrogen and oxygen atoms in total. The van der Waals surface area contributed by atoms with Crippen LogP contribution in [-0.2, 0) is 11.2 Å². The molecule has 18 heavy (non-hydrogen) atoms. The van der Waals surface area contributed by atoms with E-state index >= 15 is 0 Å². The monoisotopic (exact) mass is 244 g/mol. The molecule has 0 saturated heterocycles. The average molecular weight is 244 g/mol. The van der Waals surface area contributed by atoms with Crippen molar-refractivity contribution in [2.24, 2.45) is 0 Å². The van der Waals surface area contributed by atoms with Crippen molar-refractivity contribution in [3.63, 3.8) is 0 Å². The van der Waals surface area contributed by atoms with Crippen molar-refractivity contribution < 1.29 is 4.79 Å². The van der Waals surface area contributed by atoms with Gasteiger partial charge in [-0.2, -0.15) is 5.10 Å². The minimum atomic E-state index is 0.284. The lowest BCUT2D eigenvalue weighted by Crippen LogP contribution is -2.07. The summed E-state index contributed by atoms with van der Waals surface area (Å²) in [5.74, 6) is 0.284. The Morgan fingerprint density at radius 2 is 2.06 bits per heavy atom. The maximum absolute atomic E-state index is 11.4. The molecular formula is C15H20N2O. The first kappa shape index (κ1) is 11.7. The van der Waals surface area contributed by atoms with Crippen LogP contribution in [0.2, 0.25) is 0 Å². The fourth-order valence-corrected chi connectivity index (χ4v) is 3.08. The molecule has 0 aliphatic heterocycles. The standard InChI is InChI=1S/C15H20N2O/c18-15-7-3-4-12(11-15)10-13-8-9-17(16-13)14-5-1-2-6-14/h8-9,11,14H,1-7,10H2. The molecule has 1 aromatic rings. The molecule has 0 spiro atoms. The lowest BCUT2D eigenvalue weighted by molar-refractivity contribution is -0.115. The molecule has 1 saturated carbocycles. The Bertz CT molecular complexity index is 467. The van der Waals surface area contributed by atoms with Gasteiger partial charge in [-0.05, 0) is 37.8 Å². The summed E-state index contributed by atoms with van der Waals surface area (Å²) in [6, 6.07) is 2.72. The fraction of sp³-hybridized carbons (Fsp3) is 0.600. The van der Waals surface area contributed by atoms with E-state index in [-0.39, 0.29) is 5.78 Å². The minimum absolute atomic E-state index is 0.284.